The largest absolute Gasteiger partial charge is 0.330 e. The van der Waals surface area contributed by atoms with Gasteiger partial charge in [-0.15, -0.1) is 0 Å². The molecule has 0 unspecified atom stereocenters. The zero-order valence-electron chi connectivity index (χ0n) is 24.2. The van der Waals surface area contributed by atoms with Gasteiger partial charge in [0.15, 0.2) is 5.78 Å². The molecule has 7 rings (SSSR count). The summed E-state index contributed by atoms with van der Waals surface area (Å²) < 4.78 is 0. The monoisotopic (exact) mass is 577 g/mol. The van der Waals surface area contributed by atoms with Crippen LogP contribution in [0.1, 0.15) is 40.9 Å². The Morgan fingerprint density at radius 1 is 0.674 bits per heavy atom. The van der Waals surface area contributed by atoms with Crippen molar-refractivity contribution in [2.45, 2.75) is 24.8 Å². The lowest BCUT2D eigenvalue weighted by Crippen LogP contribution is -2.61. The van der Waals surface area contributed by atoms with Crippen molar-refractivity contribution in [2.75, 3.05) is 4.90 Å². The fourth-order valence-electron chi connectivity index (χ4n) is 7.21. The smallest absolute Gasteiger partial charge is 0.173 e. The number of hydrogen-bond acceptors (Lipinski definition) is 2. The minimum Gasteiger partial charge on any atom is -0.330 e. The molecule has 0 amide bonds. The van der Waals surface area contributed by atoms with Gasteiger partial charge >= 0.3 is 0 Å². The number of ketones is 1. The molecule has 0 fully saturated rings. The van der Waals surface area contributed by atoms with E-state index in [4.69, 9.17) is 11.6 Å². The van der Waals surface area contributed by atoms with Crippen molar-refractivity contribution < 1.29 is 4.79 Å². The first-order valence-electron chi connectivity index (χ1n) is 14.7. The molecule has 0 radical (unpaired) electrons. The van der Waals surface area contributed by atoms with Gasteiger partial charge in [0.25, 0.3) is 0 Å². The lowest BCUT2D eigenvalue weighted by molar-refractivity contribution is 0.0888. The predicted octanol–water partition coefficient (Wildman–Crippen LogP) is 10.2. The molecular formula is C40H32ClNO. The van der Waals surface area contributed by atoms with Crippen LogP contribution in [0.5, 0.6) is 0 Å². The van der Waals surface area contributed by atoms with Crippen molar-refractivity contribution in [1.82, 2.24) is 0 Å². The number of hydrogen-bond donors (Lipinski definition) is 0. The van der Waals surface area contributed by atoms with Gasteiger partial charge in [-0.25, -0.2) is 0 Å². The molecular weight excluding hydrogens is 546 g/mol. The van der Waals surface area contributed by atoms with Crippen LogP contribution in [0.3, 0.4) is 0 Å². The number of nitrogens with zero attached hydrogens (tertiary/aromatic N) is 1. The second-order valence-corrected chi connectivity index (χ2v) is 12.3. The van der Waals surface area contributed by atoms with Crippen LogP contribution in [0.2, 0.25) is 5.02 Å². The number of rotatable bonds is 5. The van der Waals surface area contributed by atoms with Crippen LogP contribution < -0.4 is 4.90 Å². The lowest BCUT2D eigenvalue weighted by atomic mass is 9.57. The maximum atomic E-state index is 15.1. The average molecular weight is 578 g/mol. The summed E-state index contributed by atoms with van der Waals surface area (Å²) in [5, 5.41) is 0.666. The summed E-state index contributed by atoms with van der Waals surface area (Å²) in [6, 6.07) is 47.3. The van der Waals surface area contributed by atoms with Crippen molar-refractivity contribution in [3.63, 3.8) is 0 Å². The lowest BCUT2D eigenvalue weighted by Gasteiger charge is -2.53. The highest BCUT2D eigenvalue weighted by molar-refractivity contribution is 6.30. The first-order chi connectivity index (χ1) is 20.9. The van der Waals surface area contributed by atoms with Crippen molar-refractivity contribution >= 4 is 39.9 Å². The Hall–Kier alpha value is -4.66. The van der Waals surface area contributed by atoms with E-state index in [9.17, 15) is 0 Å². The van der Waals surface area contributed by atoms with Gasteiger partial charge in [-0.2, -0.15) is 0 Å². The van der Waals surface area contributed by atoms with Gasteiger partial charge in [-0.05, 0) is 70.3 Å². The number of carbonyl (C=O) groups excluding carboxylic acids is 1. The van der Waals surface area contributed by atoms with Crippen LogP contribution in [0, 0.1) is 5.92 Å². The zero-order chi connectivity index (χ0) is 29.6. The van der Waals surface area contributed by atoms with Crippen LogP contribution in [0.4, 0.5) is 11.4 Å². The summed E-state index contributed by atoms with van der Waals surface area (Å²) in [5.41, 5.74) is 6.98. The molecule has 1 aliphatic carbocycles. The molecule has 43 heavy (non-hydrogen) atoms. The van der Waals surface area contributed by atoms with Gasteiger partial charge in [-0.1, -0.05) is 135 Å². The first-order valence-corrected chi connectivity index (χ1v) is 15.1. The fraction of sp³-hybridized carbons (Fsp3) is 0.125. The van der Waals surface area contributed by atoms with E-state index in [0.717, 1.165) is 33.6 Å². The van der Waals surface area contributed by atoms with Crippen molar-refractivity contribution in [2.24, 2.45) is 5.92 Å². The van der Waals surface area contributed by atoms with Gasteiger partial charge in [-0.3, -0.25) is 4.79 Å². The highest BCUT2D eigenvalue weighted by atomic mass is 35.5. The van der Waals surface area contributed by atoms with E-state index in [2.05, 4.69) is 104 Å². The highest BCUT2D eigenvalue weighted by Gasteiger charge is 2.63. The Morgan fingerprint density at radius 2 is 1.26 bits per heavy atom. The molecule has 1 heterocycles. The zero-order valence-corrected chi connectivity index (χ0v) is 25.0. The van der Waals surface area contributed by atoms with Gasteiger partial charge in [0.05, 0.1) is 11.5 Å². The first kappa shape index (κ1) is 27.2. The number of benzene rings is 5. The number of para-hydroxylation sites is 2. The molecule has 0 saturated carbocycles. The molecule has 2 nitrogen and oxygen atoms in total. The van der Waals surface area contributed by atoms with E-state index in [1.165, 1.54) is 5.56 Å². The minimum absolute atomic E-state index is 0.0898. The van der Waals surface area contributed by atoms with Crippen molar-refractivity contribution in [1.29, 1.82) is 0 Å². The quantitative estimate of drug-likeness (QED) is 0.194. The summed E-state index contributed by atoms with van der Waals surface area (Å²) >= 11 is 6.39. The highest BCUT2D eigenvalue weighted by Crippen LogP contribution is 2.63. The molecule has 2 aliphatic rings. The van der Waals surface area contributed by atoms with E-state index in [-0.39, 0.29) is 5.78 Å². The summed E-state index contributed by atoms with van der Waals surface area (Å²) in [6.45, 7) is 4.59. The third-order valence-electron chi connectivity index (χ3n) is 9.25. The molecule has 2 atom stereocenters. The molecule has 0 N–H and O–H groups in total. The topological polar surface area (TPSA) is 20.3 Å². The molecule has 1 aliphatic heterocycles. The summed E-state index contributed by atoms with van der Waals surface area (Å²) in [7, 11) is 0. The number of carbonyl (C=O) groups is 1. The maximum absolute atomic E-state index is 15.1. The van der Waals surface area contributed by atoms with Crippen LogP contribution in [0.25, 0.3) is 11.1 Å². The van der Waals surface area contributed by atoms with Crippen LogP contribution in [-0.2, 0) is 5.41 Å². The molecule has 5 aromatic rings. The molecule has 3 heteroatoms. The number of anilines is 2. The van der Waals surface area contributed by atoms with Gasteiger partial charge < -0.3 is 4.90 Å². The SMILES string of the molecule is CC1(C)c2ccccc2N(c2ccccc2)[C@]12C=C(c1ccccc1)C=C(c1ccc(Cl)cc1)[C@@H]2C(=O)c1ccccc1. The standard InChI is InChI=1S/C40H32ClNO/c1-39(2)35-20-12-13-21-36(35)42(33-18-10-5-11-19-33)40(39)27-31(28-14-6-3-7-15-28)26-34(29-22-24-32(41)25-23-29)37(40)38(43)30-16-8-4-9-17-30/h3-27,37H,1-2H3/t37-,40+/m1/s1. The number of Topliss-reactive ketones (excluding diaryl/α,β-unsaturated/α-hetero) is 1. The molecule has 5 aromatic carbocycles. The molecule has 210 valence electrons. The molecule has 0 aromatic heterocycles. The second-order valence-electron chi connectivity index (χ2n) is 11.9. The summed E-state index contributed by atoms with van der Waals surface area (Å²) in [6.07, 6.45) is 4.60. The predicted molar refractivity (Wildman–Crippen MR) is 179 cm³/mol. The number of allylic oxidation sites excluding steroid dienone is 2. The van der Waals surface area contributed by atoms with E-state index in [0.29, 0.717) is 10.6 Å². The Bertz CT molecular complexity index is 1860. The Labute approximate surface area is 258 Å². The van der Waals surface area contributed by atoms with E-state index in [1.54, 1.807) is 0 Å². The third kappa shape index (κ3) is 4.28. The van der Waals surface area contributed by atoms with Gasteiger partial charge in [0.2, 0.25) is 0 Å². The average Bonchev–Trinajstić information content (AvgIpc) is 3.24. The van der Waals surface area contributed by atoms with Crippen LogP contribution in [-0.4, -0.2) is 11.3 Å². The normalized spacial score (nSPS) is 20.3. The summed E-state index contributed by atoms with van der Waals surface area (Å²) in [4.78, 5) is 17.6. The fourth-order valence-corrected chi connectivity index (χ4v) is 7.33. The minimum atomic E-state index is -0.792. The summed E-state index contributed by atoms with van der Waals surface area (Å²) in [5.74, 6) is -0.446. The third-order valence-corrected chi connectivity index (χ3v) is 9.50. The Kier molecular flexibility index (Phi) is 6.68. The van der Waals surface area contributed by atoms with Crippen molar-refractivity contribution in [3.05, 3.63) is 179 Å². The second kappa shape index (κ2) is 10.6. The van der Waals surface area contributed by atoms with E-state index >= 15 is 4.79 Å². The molecule has 1 spiro atoms. The Balaban J connectivity index is 1.61. The molecule has 0 saturated heterocycles. The number of fused-ring (bicyclic) bond motifs is 1. The van der Waals surface area contributed by atoms with E-state index < -0.39 is 16.9 Å². The Morgan fingerprint density at radius 3 is 1.93 bits per heavy atom. The maximum Gasteiger partial charge on any atom is 0.173 e. The van der Waals surface area contributed by atoms with Crippen LogP contribution >= 0.6 is 11.6 Å². The van der Waals surface area contributed by atoms with Gasteiger partial charge in [0, 0.05) is 27.4 Å². The van der Waals surface area contributed by atoms with Crippen LogP contribution in [0.15, 0.2) is 152 Å². The van der Waals surface area contributed by atoms with Gasteiger partial charge in [0.1, 0.15) is 0 Å². The van der Waals surface area contributed by atoms with Crippen molar-refractivity contribution in [3.8, 4) is 0 Å². The number of halogens is 1. The van der Waals surface area contributed by atoms with E-state index in [1.807, 2.05) is 66.7 Å². The molecule has 0 bridgehead atoms.